The van der Waals surface area contributed by atoms with Crippen LogP contribution >= 0.6 is 12.4 Å². The van der Waals surface area contributed by atoms with Gasteiger partial charge in [-0.25, -0.2) is 0 Å². The zero-order valence-electron chi connectivity index (χ0n) is 13.3. The van der Waals surface area contributed by atoms with E-state index in [0.29, 0.717) is 11.5 Å². The quantitative estimate of drug-likeness (QED) is 0.691. The van der Waals surface area contributed by atoms with E-state index in [0.717, 1.165) is 25.1 Å². The molecule has 0 aliphatic rings. The highest BCUT2D eigenvalue weighted by Gasteiger charge is 2.05. The van der Waals surface area contributed by atoms with Crippen LogP contribution in [0.4, 0.5) is 0 Å². The van der Waals surface area contributed by atoms with Crippen molar-refractivity contribution in [2.24, 2.45) is 0 Å². The Kier molecular flexibility index (Phi) is 9.14. The first-order chi connectivity index (χ1) is 10.8. The lowest BCUT2D eigenvalue weighted by Gasteiger charge is -2.12. The van der Waals surface area contributed by atoms with Gasteiger partial charge in [-0.1, -0.05) is 36.4 Å². The van der Waals surface area contributed by atoms with Crippen LogP contribution in [0.15, 0.2) is 48.5 Å². The van der Waals surface area contributed by atoms with Gasteiger partial charge in [0, 0.05) is 6.54 Å². The molecule has 0 radical (unpaired) electrons. The molecule has 23 heavy (non-hydrogen) atoms. The van der Waals surface area contributed by atoms with Crippen LogP contribution in [-0.4, -0.2) is 32.0 Å². The Labute approximate surface area is 143 Å². The second-order valence-corrected chi connectivity index (χ2v) is 4.97. The van der Waals surface area contributed by atoms with Crippen molar-refractivity contribution in [3.05, 3.63) is 59.7 Å². The SMILES string of the molecule is COc1cc(CNCCc2ccccc2)ccc1OCCO.Cl. The van der Waals surface area contributed by atoms with E-state index in [1.807, 2.05) is 24.3 Å². The Morgan fingerprint density at radius 3 is 2.48 bits per heavy atom. The van der Waals surface area contributed by atoms with E-state index in [2.05, 4.69) is 29.6 Å². The van der Waals surface area contributed by atoms with Crippen LogP contribution in [-0.2, 0) is 13.0 Å². The Morgan fingerprint density at radius 1 is 1.00 bits per heavy atom. The molecule has 2 aromatic carbocycles. The van der Waals surface area contributed by atoms with Crippen LogP contribution in [0.25, 0.3) is 0 Å². The van der Waals surface area contributed by atoms with Crippen molar-refractivity contribution in [2.75, 3.05) is 26.9 Å². The molecule has 0 bridgehead atoms. The number of ether oxygens (including phenoxy) is 2. The highest BCUT2D eigenvalue weighted by atomic mass is 35.5. The molecule has 0 aliphatic carbocycles. The topological polar surface area (TPSA) is 50.7 Å². The van der Waals surface area contributed by atoms with E-state index in [4.69, 9.17) is 14.6 Å². The molecule has 0 saturated carbocycles. The Hall–Kier alpha value is -1.75. The van der Waals surface area contributed by atoms with Gasteiger partial charge in [-0.15, -0.1) is 12.4 Å². The van der Waals surface area contributed by atoms with Crippen LogP contribution in [0.2, 0.25) is 0 Å². The molecule has 0 aromatic heterocycles. The van der Waals surface area contributed by atoms with E-state index in [1.54, 1.807) is 7.11 Å². The second-order valence-electron chi connectivity index (χ2n) is 4.97. The lowest BCUT2D eigenvalue weighted by Crippen LogP contribution is -2.16. The van der Waals surface area contributed by atoms with Crippen molar-refractivity contribution in [1.29, 1.82) is 0 Å². The predicted octanol–water partition coefficient (Wildman–Crippen LogP) is 2.82. The molecule has 2 aromatic rings. The Bertz CT molecular complexity index is 563. The monoisotopic (exact) mass is 337 g/mol. The zero-order chi connectivity index (χ0) is 15.6. The van der Waals surface area contributed by atoms with E-state index in [-0.39, 0.29) is 25.6 Å². The van der Waals surface area contributed by atoms with Gasteiger partial charge in [0.2, 0.25) is 0 Å². The minimum absolute atomic E-state index is 0. The summed E-state index contributed by atoms with van der Waals surface area (Å²) in [5.41, 5.74) is 2.47. The number of rotatable bonds is 9. The summed E-state index contributed by atoms with van der Waals surface area (Å²) < 4.78 is 10.7. The maximum absolute atomic E-state index is 8.81. The summed E-state index contributed by atoms with van der Waals surface area (Å²) in [6, 6.07) is 16.3. The third-order valence-electron chi connectivity index (χ3n) is 3.34. The van der Waals surface area contributed by atoms with Gasteiger partial charge in [-0.2, -0.15) is 0 Å². The normalized spacial score (nSPS) is 10.0. The summed E-state index contributed by atoms with van der Waals surface area (Å²) in [4.78, 5) is 0. The zero-order valence-corrected chi connectivity index (χ0v) is 14.1. The maximum atomic E-state index is 8.81. The number of benzene rings is 2. The summed E-state index contributed by atoms with van der Waals surface area (Å²) >= 11 is 0. The Balaban J connectivity index is 0.00000264. The van der Waals surface area contributed by atoms with Crippen molar-refractivity contribution in [3.63, 3.8) is 0 Å². The van der Waals surface area contributed by atoms with Crippen molar-refractivity contribution in [1.82, 2.24) is 5.32 Å². The molecule has 0 fully saturated rings. The number of aliphatic hydroxyl groups excluding tert-OH is 1. The first kappa shape index (κ1) is 19.3. The third kappa shape index (κ3) is 6.48. The smallest absolute Gasteiger partial charge is 0.161 e. The molecule has 0 spiro atoms. The average Bonchev–Trinajstić information content (AvgIpc) is 2.58. The molecule has 0 atom stereocenters. The summed E-state index contributed by atoms with van der Waals surface area (Å²) in [7, 11) is 1.62. The summed E-state index contributed by atoms with van der Waals surface area (Å²) in [6.45, 7) is 1.97. The number of hydrogen-bond acceptors (Lipinski definition) is 4. The highest BCUT2D eigenvalue weighted by molar-refractivity contribution is 5.85. The minimum Gasteiger partial charge on any atom is -0.493 e. The summed E-state index contributed by atoms with van der Waals surface area (Å²) in [6.07, 6.45) is 1.01. The van der Waals surface area contributed by atoms with Crippen LogP contribution in [0, 0.1) is 0 Å². The molecule has 4 nitrogen and oxygen atoms in total. The lowest BCUT2D eigenvalue weighted by molar-refractivity contribution is 0.196. The number of aliphatic hydroxyl groups is 1. The van der Waals surface area contributed by atoms with Crippen LogP contribution in [0.3, 0.4) is 0 Å². The van der Waals surface area contributed by atoms with Gasteiger partial charge in [-0.3, -0.25) is 0 Å². The first-order valence-electron chi connectivity index (χ1n) is 7.48. The highest BCUT2D eigenvalue weighted by Crippen LogP contribution is 2.27. The molecule has 2 rings (SSSR count). The first-order valence-corrected chi connectivity index (χ1v) is 7.48. The van der Waals surface area contributed by atoms with E-state index in [9.17, 15) is 0 Å². The molecule has 0 unspecified atom stereocenters. The standard InChI is InChI=1S/C18H23NO3.ClH/c1-21-18-13-16(7-8-17(18)22-12-11-20)14-19-10-9-15-5-3-2-4-6-15;/h2-8,13,19-20H,9-12,14H2,1H3;1H. The fourth-order valence-electron chi connectivity index (χ4n) is 2.21. The minimum atomic E-state index is -0.00799. The molecule has 5 heteroatoms. The fourth-order valence-corrected chi connectivity index (χ4v) is 2.21. The van der Waals surface area contributed by atoms with Gasteiger partial charge in [0.25, 0.3) is 0 Å². The average molecular weight is 338 g/mol. The van der Waals surface area contributed by atoms with Gasteiger partial charge in [0.1, 0.15) is 6.61 Å². The van der Waals surface area contributed by atoms with Crippen molar-refractivity contribution >= 4 is 12.4 Å². The van der Waals surface area contributed by atoms with Crippen LogP contribution in [0.5, 0.6) is 11.5 Å². The molecule has 0 amide bonds. The van der Waals surface area contributed by atoms with Gasteiger partial charge < -0.3 is 19.9 Å². The number of methoxy groups -OCH3 is 1. The number of halogens is 1. The molecule has 126 valence electrons. The molecular formula is C18H24ClNO3. The van der Waals surface area contributed by atoms with Crippen molar-refractivity contribution < 1.29 is 14.6 Å². The molecule has 2 N–H and O–H groups in total. The summed E-state index contributed by atoms with van der Waals surface area (Å²) in [5.74, 6) is 1.35. The van der Waals surface area contributed by atoms with Gasteiger partial charge >= 0.3 is 0 Å². The van der Waals surface area contributed by atoms with Gasteiger partial charge in [0.05, 0.1) is 13.7 Å². The van der Waals surface area contributed by atoms with E-state index >= 15 is 0 Å². The fraction of sp³-hybridized carbons (Fsp3) is 0.333. The maximum Gasteiger partial charge on any atom is 0.161 e. The van der Waals surface area contributed by atoms with Crippen molar-refractivity contribution in [2.45, 2.75) is 13.0 Å². The lowest BCUT2D eigenvalue weighted by atomic mass is 10.1. The van der Waals surface area contributed by atoms with Crippen LogP contribution in [0.1, 0.15) is 11.1 Å². The molecule has 0 saturated heterocycles. The second kappa shape index (κ2) is 10.9. The van der Waals surface area contributed by atoms with Crippen molar-refractivity contribution in [3.8, 4) is 11.5 Å². The number of hydrogen-bond donors (Lipinski definition) is 2. The molecule has 0 heterocycles. The molecular weight excluding hydrogens is 314 g/mol. The van der Waals surface area contributed by atoms with E-state index in [1.165, 1.54) is 5.56 Å². The summed E-state index contributed by atoms with van der Waals surface area (Å²) in [5, 5.41) is 12.2. The predicted molar refractivity (Wildman–Crippen MR) is 94.7 cm³/mol. The Morgan fingerprint density at radius 2 is 1.78 bits per heavy atom. The number of nitrogens with one attached hydrogen (secondary N) is 1. The molecule has 0 aliphatic heterocycles. The van der Waals surface area contributed by atoms with Gasteiger partial charge in [-0.05, 0) is 36.2 Å². The van der Waals surface area contributed by atoms with Crippen LogP contribution < -0.4 is 14.8 Å². The third-order valence-corrected chi connectivity index (χ3v) is 3.34. The van der Waals surface area contributed by atoms with E-state index < -0.39 is 0 Å². The largest absolute Gasteiger partial charge is 0.493 e. The van der Waals surface area contributed by atoms with Gasteiger partial charge in [0.15, 0.2) is 11.5 Å².